The highest BCUT2D eigenvalue weighted by molar-refractivity contribution is 7.80. The Morgan fingerprint density at radius 1 is 1.33 bits per heavy atom. The molecule has 0 amide bonds. The molecule has 0 aliphatic rings. The predicted molar refractivity (Wildman–Crippen MR) is 60.3 cm³/mol. The molecule has 1 heterocycles. The third-order valence-corrected chi connectivity index (χ3v) is 2.45. The summed E-state index contributed by atoms with van der Waals surface area (Å²) in [5.74, 6) is -0.437. The standard InChI is InChI=1S/C11H9NO2S/c1-14-11(13)8-6-5-7-3-2-4-9(15)10(7)12-8/h2-6,15H,1H3. The molecule has 0 saturated heterocycles. The molecule has 3 nitrogen and oxygen atoms in total. The Kier molecular flexibility index (Phi) is 2.60. The lowest BCUT2D eigenvalue weighted by Gasteiger charge is -2.02. The van der Waals surface area contributed by atoms with Crippen LogP contribution in [0.25, 0.3) is 10.9 Å². The Morgan fingerprint density at radius 2 is 2.13 bits per heavy atom. The number of carbonyl (C=O) groups excluding carboxylic acids is 1. The molecule has 4 heteroatoms. The lowest BCUT2D eigenvalue weighted by molar-refractivity contribution is 0.0594. The van der Waals surface area contributed by atoms with Gasteiger partial charge in [-0.2, -0.15) is 0 Å². The van der Waals surface area contributed by atoms with Crippen molar-refractivity contribution in [3.05, 3.63) is 36.0 Å². The van der Waals surface area contributed by atoms with E-state index in [0.717, 1.165) is 10.3 Å². The first-order chi connectivity index (χ1) is 7.22. The summed E-state index contributed by atoms with van der Waals surface area (Å²) in [6.07, 6.45) is 0. The number of para-hydroxylation sites is 1. The van der Waals surface area contributed by atoms with Crippen LogP contribution in [0.3, 0.4) is 0 Å². The largest absolute Gasteiger partial charge is 0.464 e. The molecule has 15 heavy (non-hydrogen) atoms. The average Bonchev–Trinajstić information content (AvgIpc) is 2.28. The quantitative estimate of drug-likeness (QED) is 0.591. The van der Waals surface area contributed by atoms with E-state index >= 15 is 0 Å². The van der Waals surface area contributed by atoms with Gasteiger partial charge in [0.2, 0.25) is 0 Å². The summed E-state index contributed by atoms with van der Waals surface area (Å²) < 4.78 is 4.60. The molecule has 2 rings (SSSR count). The molecule has 1 aromatic carbocycles. The zero-order chi connectivity index (χ0) is 10.8. The molecule has 0 unspecified atom stereocenters. The first kappa shape index (κ1) is 9.98. The molecular weight excluding hydrogens is 210 g/mol. The molecule has 0 atom stereocenters. The maximum Gasteiger partial charge on any atom is 0.356 e. The topological polar surface area (TPSA) is 39.2 Å². The van der Waals surface area contributed by atoms with Crippen LogP contribution in [0.15, 0.2) is 35.2 Å². The number of esters is 1. The summed E-state index contributed by atoms with van der Waals surface area (Å²) in [6.45, 7) is 0. The molecule has 76 valence electrons. The van der Waals surface area contributed by atoms with Crippen LogP contribution in [-0.2, 0) is 4.74 Å². The number of benzene rings is 1. The lowest BCUT2D eigenvalue weighted by Crippen LogP contribution is -2.03. The van der Waals surface area contributed by atoms with E-state index in [1.165, 1.54) is 7.11 Å². The third kappa shape index (κ3) is 1.80. The highest BCUT2D eigenvalue weighted by Crippen LogP contribution is 2.20. The van der Waals surface area contributed by atoms with E-state index in [0.29, 0.717) is 11.2 Å². The van der Waals surface area contributed by atoms with Crippen LogP contribution in [0.4, 0.5) is 0 Å². The van der Waals surface area contributed by atoms with E-state index in [1.54, 1.807) is 6.07 Å². The van der Waals surface area contributed by atoms with Crippen LogP contribution >= 0.6 is 12.6 Å². The van der Waals surface area contributed by atoms with Crippen LogP contribution in [0, 0.1) is 0 Å². The van der Waals surface area contributed by atoms with Crippen molar-refractivity contribution in [1.82, 2.24) is 4.98 Å². The maximum atomic E-state index is 11.3. The zero-order valence-corrected chi connectivity index (χ0v) is 8.99. The minimum atomic E-state index is -0.437. The Labute approximate surface area is 92.5 Å². The Morgan fingerprint density at radius 3 is 2.87 bits per heavy atom. The van der Waals surface area contributed by atoms with Gasteiger partial charge < -0.3 is 4.74 Å². The van der Waals surface area contributed by atoms with Crippen LogP contribution in [0.1, 0.15) is 10.5 Å². The first-order valence-electron chi connectivity index (χ1n) is 4.39. The van der Waals surface area contributed by atoms with Crippen molar-refractivity contribution in [2.45, 2.75) is 4.90 Å². The van der Waals surface area contributed by atoms with Gasteiger partial charge in [-0.25, -0.2) is 9.78 Å². The number of carbonyl (C=O) groups is 1. The van der Waals surface area contributed by atoms with Crippen LogP contribution in [-0.4, -0.2) is 18.1 Å². The predicted octanol–water partition coefficient (Wildman–Crippen LogP) is 2.31. The molecule has 1 aromatic heterocycles. The summed E-state index contributed by atoms with van der Waals surface area (Å²) in [6, 6.07) is 9.11. The highest BCUT2D eigenvalue weighted by Gasteiger charge is 2.08. The molecular formula is C11H9NO2S. The Bertz CT molecular complexity index is 525. The molecule has 0 bridgehead atoms. The number of fused-ring (bicyclic) bond motifs is 1. The molecule has 0 radical (unpaired) electrons. The van der Waals surface area contributed by atoms with Crippen molar-refractivity contribution >= 4 is 29.5 Å². The van der Waals surface area contributed by atoms with Crippen molar-refractivity contribution in [3.63, 3.8) is 0 Å². The SMILES string of the molecule is COC(=O)c1ccc2cccc(S)c2n1. The number of rotatable bonds is 1. The number of methoxy groups -OCH3 is 1. The number of thiol groups is 1. The van der Waals surface area contributed by atoms with Crippen molar-refractivity contribution < 1.29 is 9.53 Å². The van der Waals surface area contributed by atoms with Crippen molar-refractivity contribution in [1.29, 1.82) is 0 Å². The van der Waals surface area contributed by atoms with Gasteiger partial charge in [0, 0.05) is 10.3 Å². The van der Waals surface area contributed by atoms with E-state index in [9.17, 15) is 4.79 Å². The van der Waals surface area contributed by atoms with E-state index in [-0.39, 0.29) is 0 Å². The third-order valence-electron chi connectivity index (χ3n) is 2.09. The van der Waals surface area contributed by atoms with E-state index in [2.05, 4.69) is 22.3 Å². The van der Waals surface area contributed by atoms with Gasteiger partial charge in [-0.1, -0.05) is 18.2 Å². The molecule has 0 aliphatic heterocycles. The fourth-order valence-electron chi connectivity index (χ4n) is 1.35. The van der Waals surface area contributed by atoms with Gasteiger partial charge in [0.15, 0.2) is 0 Å². The molecule has 0 saturated carbocycles. The van der Waals surface area contributed by atoms with Crippen molar-refractivity contribution in [2.24, 2.45) is 0 Å². The fourth-order valence-corrected chi connectivity index (χ4v) is 1.61. The smallest absolute Gasteiger partial charge is 0.356 e. The number of hydrogen-bond donors (Lipinski definition) is 1. The van der Waals surface area contributed by atoms with Gasteiger partial charge in [-0.3, -0.25) is 0 Å². The minimum Gasteiger partial charge on any atom is -0.464 e. The molecule has 0 aliphatic carbocycles. The van der Waals surface area contributed by atoms with Gasteiger partial charge >= 0.3 is 5.97 Å². The van der Waals surface area contributed by atoms with Crippen LogP contribution in [0.5, 0.6) is 0 Å². The van der Waals surface area contributed by atoms with E-state index in [1.807, 2.05) is 24.3 Å². The van der Waals surface area contributed by atoms with E-state index < -0.39 is 5.97 Å². The fraction of sp³-hybridized carbons (Fsp3) is 0.0909. The molecule has 0 spiro atoms. The molecule has 2 aromatic rings. The number of hydrogen-bond acceptors (Lipinski definition) is 4. The lowest BCUT2D eigenvalue weighted by atomic mass is 10.2. The second-order valence-electron chi connectivity index (χ2n) is 3.04. The second-order valence-corrected chi connectivity index (χ2v) is 3.52. The molecule has 0 fully saturated rings. The van der Waals surface area contributed by atoms with Gasteiger partial charge in [0.25, 0.3) is 0 Å². The van der Waals surface area contributed by atoms with Crippen molar-refractivity contribution in [3.8, 4) is 0 Å². The summed E-state index contributed by atoms with van der Waals surface area (Å²) >= 11 is 4.28. The minimum absolute atomic E-state index is 0.298. The zero-order valence-electron chi connectivity index (χ0n) is 8.10. The highest BCUT2D eigenvalue weighted by atomic mass is 32.1. The first-order valence-corrected chi connectivity index (χ1v) is 4.84. The number of nitrogens with zero attached hydrogens (tertiary/aromatic N) is 1. The number of pyridine rings is 1. The Balaban J connectivity index is 2.64. The monoisotopic (exact) mass is 219 g/mol. The summed E-state index contributed by atoms with van der Waals surface area (Å²) in [5.41, 5.74) is 1.01. The second kappa shape index (κ2) is 3.90. The van der Waals surface area contributed by atoms with Crippen molar-refractivity contribution in [2.75, 3.05) is 7.11 Å². The average molecular weight is 219 g/mol. The van der Waals surface area contributed by atoms with Gasteiger partial charge in [0.05, 0.1) is 12.6 Å². The van der Waals surface area contributed by atoms with Gasteiger partial charge in [-0.15, -0.1) is 12.6 Å². The summed E-state index contributed by atoms with van der Waals surface area (Å²) in [7, 11) is 1.33. The normalized spacial score (nSPS) is 10.3. The summed E-state index contributed by atoms with van der Waals surface area (Å²) in [5, 5.41) is 0.954. The molecule has 0 N–H and O–H groups in total. The van der Waals surface area contributed by atoms with Gasteiger partial charge in [-0.05, 0) is 12.1 Å². The van der Waals surface area contributed by atoms with Crippen LogP contribution in [0.2, 0.25) is 0 Å². The van der Waals surface area contributed by atoms with Crippen LogP contribution < -0.4 is 0 Å². The maximum absolute atomic E-state index is 11.3. The summed E-state index contributed by atoms with van der Waals surface area (Å²) in [4.78, 5) is 16.2. The number of aromatic nitrogens is 1. The van der Waals surface area contributed by atoms with Gasteiger partial charge in [0.1, 0.15) is 5.69 Å². The number of ether oxygens (including phenoxy) is 1. The van der Waals surface area contributed by atoms with E-state index in [4.69, 9.17) is 0 Å². The Hall–Kier alpha value is -1.55.